The van der Waals surface area contributed by atoms with Gasteiger partial charge in [0, 0.05) is 10.2 Å². The summed E-state index contributed by atoms with van der Waals surface area (Å²) in [5.74, 6) is 1.16. The van der Waals surface area contributed by atoms with E-state index < -0.39 is 0 Å². The second kappa shape index (κ2) is 6.13. The molecule has 0 aliphatic carbocycles. The number of ether oxygens (including phenoxy) is 1. The summed E-state index contributed by atoms with van der Waals surface area (Å²) in [6.07, 6.45) is 0.0349. The Balaban J connectivity index is 2.27. The Kier molecular flexibility index (Phi) is 4.49. The Morgan fingerprint density at radius 2 is 2.00 bits per heavy atom. The Hall–Kier alpha value is -1.75. The standard InChI is InChI=1S/C15H18BrN3O/c1-9(2)20-15-12(17)7-8-14(19-15)18-13-6-4-5-11(16)10(13)3/h4-9H,17H2,1-3H3,(H,18,19). The van der Waals surface area contributed by atoms with Gasteiger partial charge in [0.15, 0.2) is 0 Å². The van der Waals surface area contributed by atoms with Crippen LogP contribution in [0.3, 0.4) is 0 Å². The molecule has 0 bridgehead atoms. The maximum atomic E-state index is 5.86. The summed E-state index contributed by atoms with van der Waals surface area (Å²) in [7, 11) is 0. The monoisotopic (exact) mass is 335 g/mol. The third kappa shape index (κ3) is 3.42. The minimum atomic E-state index is 0.0349. The number of benzene rings is 1. The van der Waals surface area contributed by atoms with E-state index in [0.29, 0.717) is 17.4 Å². The second-order valence-electron chi connectivity index (χ2n) is 4.79. The molecule has 20 heavy (non-hydrogen) atoms. The van der Waals surface area contributed by atoms with E-state index in [-0.39, 0.29) is 6.10 Å². The van der Waals surface area contributed by atoms with Crippen LogP contribution in [0.4, 0.5) is 17.2 Å². The Morgan fingerprint density at radius 3 is 2.70 bits per heavy atom. The zero-order chi connectivity index (χ0) is 14.7. The molecular formula is C15H18BrN3O. The van der Waals surface area contributed by atoms with E-state index in [4.69, 9.17) is 10.5 Å². The van der Waals surface area contributed by atoms with Crippen LogP contribution in [0.5, 0.6) is 5.88 Å². The van der Waals surface area contributed by atoms with Gasteiger partial charge in [-0.1, -0.05) is 22.0 Å². The van der Waals surface area contributed by atoms with Crippen LogP contribution < -0.4 is 15.8 Å². The van der Waals surface area contributed by atoms with Crippen LogP contribution in [0.15, 0.2) is 34.8 Å². The van der Waals surface area contributed by atoms with Crippen molar-refractivity contribution >= 4 is 33.1 Å². The van der Waals surface area contributed by atoms with Crippen molar-refractivity contribution in [1.29, 1.82) is 0 Å². The van der Waals surface area contributed by atoms with Gasteiger partial charge in [0.1, 0.15) is 5.82 Å². The molecule has 3 N–H and O–H groups in total. The zero-order valence-electron chi connectivity index (χ0n) is 11.8. The van der Waals surface area contributed by atoms with E-state index in [9.17, 15) is 0 Å². The van der Waals surface area contributed by atoms with E-state index in [0.717, 1.165) is 15.7 Å². The molecule has 0 saturated heterocycles. The van der Waals surface area contributed by atoms with Crippen LogP contribution in [0.1, 0.15) is 19.4 Å². The highest BCUT2D eigenvalue weighted by Gasteiger charge is 2.08. The quantitative estimate of drug-likeness (QED) is 0.876. The first-order valence-electron chi connectivity index (χ1n) is 6.42. The van der Waals surface area contributed by atoms with Gasteiger partial charge in [-0.15, -0.1) is 0 Å². The van der Waals surface area contributed by atoms with Crippen molar-refractivity contribution in [1.82, 2.24) is 4.98 Å². The highest BCUT2D eigenvalue weighted by atomic mass is 79.9. The molecule has 0 saturated carbocycles. The first kappa shape index (κ1) is 14.7. The van der Waals surface area contributed by atoms with Crippen molar-refractivity contribution in [2.45, 2.75) is 26.9 Å². The molecule has 0 radical (unpaired) electrons. The van der Waals surface area contributed by atoms with Gasteiger partial charge in [-0.2, -0.15) is 4.98 Å². The number of anilines is 3. The molecule has 0 aliphatic rings. The zero-order valence-corrected chi connectivity index (χ0v) is 13.4. The van der Waals surface area contributed by atoms with Crippen LogP contribution in [0, 0.1) is 6.92 Å². The molecule has 0 amide bonds. The lowest BCUT2D eigenvalue weighted by molar-refractivity contribution is 0.234. The van der Waals surface area contributed by atoms with Gasteiger partial charge < -0.3 is 15.8 Å². The van der Waals surface area contributed by atoms with Gasteiger partial charge in [0.2, 0.25) is 5.88 Å². The van der Waals surface area contributed by atoms with Gasteiger partial charge in [-0.25, -0.2) is 0 Å². The molecule has 0 atom stereocenters. The predicted molar refractivity (Wildman–Crippen MR) is 86.6 cm³/mol. The van der Waals surface area contributed by atoms with E-state index in [1.807, 2.05) is 45.0 Å². The predicted octanol–water partition coefficient (Wildman–Crippen LogP) is 4.27. The van der Waals surface area contributed by atoms with Gasteiger partial charge in [0.25, 0.3) is 0 Å². The molecule has 0 fully saturated rings. The average Bonchev–Trinajstić information content (AvgIpc) is 2.38. The second-order valence-corrected chi connectivity index (χ2v) is 5.65. The fourth-order valence-electron chi connectivity index (χ4n) is 1.72. The molecule has 0 aliphatic heterocycles. The number of hydrogen-bond donors (Lipinski definition) is 2. The number of halogens is 1. The van der Waals surface area contributed by atoms with Crippen LogP contribution >= 0.6 is 15.9 Å². The highest BCUT2D eigenvalue weighted by Crippen LogP contribution is 2.28. The number of pyridine rings is 1. The number of aromatic nitrogens is 1. The van der Waals surface area contributed by atoms with E-state index >= 15 is 0 Å². The SMILES string of the molecule is Cc1c(Br)cccc1Nc1ccc(N)c(OC(C)C)n1. The van der Waals surface area contributed by atoms with Crippen LogP contribution in [-0.4, -0.2) is 11.1 Å². The molecule has 1 aromatic heterocycles. The van der Waals surface area contributed by atoms with Crippen molar-refractivity contribution in [3.63, 3.8) is 0 Å². The number of hydrogen-bond acceptors (Lipinski definition) is 4. The summed E-state index contributed by atoms with van der Waals surface area (Å²) in [5, 5.41) is 3.28. The van der Waals surface area contributed by atoms with E-state index in [1.165, 1.54) is 0 Å². The van der Waals surface area contributed by atoms with Gasteiger partial charge >= 0.3 is 0 Å². The van der Waals surface area contributed by atoms with Gasteiger partial charge in [-0.05, 0) is 50.6 Å². The van der Waals surface area contributed by atoms with Crippen molar-refractivity contribution in [2.75, 3.05) is 11.1 Å². The minimum Gasteiger partial charge on any atom is -0.473 e. The summed E-state index contributed by atoms with van der Waals surface area (Å²) < 4.78 is 6.64. The fourth-order valence-corrected chi connectivity index (χ4v) is 2.09. The lowest BCUT2D eigenvalue weighted by atomic mass is 10.2. The number of nitrogens with one attached hydrogen (secondary N) is 1. The normalized spacial score (nSPS) is 10.7. The molecule has 106 valence electrons. The number of nitrogens with two attached hydrogens (primary N) is 1. The van der Waals surface area contributed by atoms with Crippen LogP contribution in [0.25, 0.3) is 0 Å². The fraction of sp³-hybridized carbons (Fsp3) is 0.267. The maximum Gasteiger partial charge on any atom is 0.239 e. The molecule has 0 unspecified atom stereocenters. The molecule has 2 rings (SSSR count). The van der Waals surface area contributed by atoms with Crippen molar-refractivity contribution < 1.29 is 4.74 Å². The summed E-state index contributed by atoms with van der Waals surface area (Å²) in [5.41, 5.74) is 8.51. The maximum absolute atomic E-state index is 5.86. The van der Waals surface area contributed by atoms with Gasteiger partial charge in [0.05, 0.1) is 11.8 Å². The number of nitrogens with zero attached hydrogens (tertiary/aromatic N) is 1. The van der Waals surface area contributed by atoms with E-state index in [1.54, 1.807) is 6.07 Å². The molecule has 4 nitrogen and oxygen atoms in total. The summed E-state index contributed by atoms with van der Waals surface area (Å²) >= 11 is 3.51. The Bertz CT molecular complexity index is 614. The van der Waals surface area contributed by atoms with Crippen LogP contribution in [0.2, 0.25) is 0 Å². The Morgan fingerprint density at radius 1 is 1.25 bits per heavy atom. The summed E-state index contributed by atoms with van der Waals surface area (Å²) in [4.78, 5) is 4.40. The lowest BCUT2D eigenvalue weighted by Crippen LogP contribution is -2.09. The van der Waals surface area contributed by atoms with Crippen LogP contribution in [-0.2, 0) is 0 Å². The topological polar surface area (TPSA) is 60.2 Å². The molecule has 2 aromatic rings. The molecule has 5 heteroatoms. The first-order valence-corrected chi connectivity index (χ1v) is 7.22. The molecule has 1 aromatic carbocycles. The first-order chi connectivity index (χ1) is 9.47. The number of nitrogen functional groups attached to an aromatic ring is 1. The van der Waals surface area contributed by atoms with Crippen molar-refractivity contribution in [3.8, 4) is 5.88 Å². The van der Waals surface area contributed by atoms with Gasteiger partial charge in [-0.3, -0.25) is 0 Å². The molecule has 1 heterocycles. The third-order valence-corrected chi connectivity index (χ3v) is 3.63. The summed E-state index contributed by atoms with van der Waals surface area (Å²) in [6.45, 7) is 5.93. The molecule has 0 spiro atoms. The highest BCUT2D eigenvalue weighted by molar-refractivity contribution is 9.10. The average molecular weight is 336 g/mol. The smallest absolute Gasteiger partial charge is 0.239 e. The van der Waals surface area contributed by atoms with Crippen molar-refractivity contribution in [2.24, 2.45) is 0 Å². The van der Waals surface area contributed by atoms with E-state index in [2.05, 4.69) is 26.2 Å². The summed E-state index contributed by atoms with van der Waals surface area (Å²) in [6, 6.07) is 9.61. The largest absolute Gasteiger partial charge is 0.473 e. The number of rotatable bonds is 4. The van der Waals surface area contributed by atoms with Crippen molar-refractivity contribution in [3.05, 3.63) is 40.4 Å². The Labute approximate surface area is 127 Å². The third-order valence-electron chi connectivity index (χ3n) is 2.77. The lowest BCUT2D eigenvalue weighted by Gasteiger charge is -2.14. The minimum absolute atomic E-state index is 0.0349. The molecular weight excluding hydrogens is 318 g/mol.